The van der Waals surface area contributed by atoms with Gasteiger partial charge in [0.2, 0.25) is 0 Å². The lowest BCUT2D eigenvalue weighted by atomic mass is 10.1. The minimum Gasteiger partial charge on any atom is -0.342 e. The summed E-state index contributed by atoms with van der Waals surface area (Å²) in [5.74, 6) is 0. The molecular formula is C18H19N. The maximum atomic E-state index is 2.37. The summed E-state index contributed by atoms with van der Waals surface area (Å²) in [6, 6.07) is 19.2. The van der Waals surface area contributed by atoms with Crippen molar-refractivity contribution in [1.82, 2.24) is 4.57 Å². The van der Waals surface area contributed by atoms with Crippen molar-refractivity contribution in [2.75, 3.05) is 0 Å². The molecule has 0 bridgehead atoms. The van der Waals surface area contributed by atoms with Crippen molar-refractivity contribution in [1.29, 1.82) is 0 Å². The van der Waals surface area contributed by atoms with Crippen LogP contribution in [0.25, 0.3) is 22.0 Å². The third kappa shape index (κ3) is 2.06. The van der Waals surface area contributed by atoms with E-state index in [0.717, 1.165) is 0 Å². The Balaban J connectivity index is 2.33. The van der Waals surface area contributed by atoms with Gasteiger partial charge in [0.1, 0.15) is 0 Å². The van der Waals surface area contributed by atoms with Crippen LogP contribution < -0.4 is 0 Å². The molecule has 0 aliphatic carbocycles. The number of para-hydroxylation sites is 1. The van der Waals surface area contributed by atoms with Gasteiger partial charge in [0.05, 0.1) is 0 Å². The lowest BCUT2D eigenvalue weighted by Crippen LogP contribution is -2.20. The molecule has 0 unspecified atom stereocenters. The van der Waals surface area contributed by atoms with Gasteiger partial charge in [-0.25, -0.2) is 0 Å². The molecule has 0 amide bonds. The number of hydrogen-bond acceptors (Lipinski definition) is 0. The predicted molar refractivity (Wildman–Crippen MR) is 82.4 cm³/mol. The molecule has 2 aromatic carbocycles. The molecule has 1 aromatic heterocycles. The topological polar surface area (TPSA) is 4.93 Å². The number of aromatic nitrogens is 1. The number of benzene rings is 2. The maximum absolute atomic E-state index is 2.37. The van der Waals surface area contributed by atoms with Crippen molar-refractivity contribution >= 4 is 10.9 Å². The minimum absolute atomic E-state index is 0.0899. The zero-order chi connectivity index (χ0) is 13.5. The Bertz CT molecular complexity index is 699. The average Bonchev–Trinajstić information content (AvgIpc) is 2.79. The van der Waals surface area contributed by atoms with E-state index in [9.17, 15) is 0 Å². The van der Waals surface area contributed by atoms with Crippen molar-refractivity contribution in [3.05, 3.63) is 60.8 Å². The van der Waals surface area contributed by atoms with Crippen molar-refractivity contribution in [2.45, 2.75) is 26.3 Å². The van der Waals surface area contributed by atoms with E-state index < -0.39 is 0 Å². The minimum atomic E-state index is 0.0899. The average molecular weight is 249 g/mol. The molecule has 0 atom stereocenters. The molecule has 0 aliphatic rings. The molecule has 1 heteroatoms. The van der Waals surface area contributed by atoms with Crippen molar-refractivity contribution < 1.29 is 0 Å². The second-order valence-corrected chi connectivity index (χ2v) is 5.97. The monoisotopic (exact) mass is 249 g/mol. The van der Waals surface area contributed by atoms with Crippen LogP contribution in [0.1, 0.15) is 20.8 Å². The quantitative estimate of drug-likeness (QED) is 0.568. The highest BCUT2D eigenvalue weighted by Crippen LogP contribution is 2.33. The number of fused-ring (bicyclic) bond motifs is 1. The Kier molecular flexibility index (Phi) is 2.70. The van der Waals surface area contributed by atoms with Gasteiger partial charge in [-0.2, -0.15) is 0 Å². The first kappa shape index (κ1) is 12.0. The zero-order valence-electron chi connectivity index (χ0n) is 11.7. The molecule has 0 N–H and O–H groups in total. The molecule has 1 nitrogen and oxygen atoms in total. The van der Waals surface area contributed by atoms with Gasteiger partial charge in [0.25, 0.3) is 0 Å². The molecule has 3 rings (SSSR count). The summed E-state index contributed by atoms with van der Waals surface area (Å²) < 4.78 is 2.37. The van der Waals surface area contributed by atoms with E-state index >= 15 is 0 Å². The fourth-order valence-corrected chi connectivity index (χ4v) is 2.58. The van der Waals surface area contributed by atoms with Gasteiger partial charge in [-0.3, -0.25) is 0 Å². The Morgan fingerprint density at radius 3 is 2.11 bits per heavy atom. The molecule has 0 saturated heterocycles. The Morgan fingerprint density at radius 2 is 1.42 bits per heavy atom. The van der Waals surface area contributed by atoms with E-state index in [1.165, 1.54) is 22.0 Å². The summed E-state index contributed by atoms with van der Waals surface area (Å²) >= 11 is 0. The van der Waals surface area contributed by atoms with Crippen LogP contribution >= 0.6 is 0 Å². The molecule has 0 radical (unpaired) electrons. The summed E-state index contributed by atoms with van der Waals surface area (Å²) in [4.78, 5) is 0. The molecule has 0 aliphatic heterocycles. The lowest BCUT2D eigenvalue weighted by molar-refractivity contribution is 0.411. The van der Waals surface area contributed by atoms with E-state index in [-0.39, 0.29) is 5.54 Å². The van der Waals surface area contributed by atoms with Gasteiger partial charge in [0.15, 0.2) is 0 Å². The summed E-state index contributed by atoms with van der Waals surface area (Å²) in [5.41, 5.74) is 3.98. The molecule has 0 spiro atoms. The van der Waals surface area contributed by atoms with Gasteiger partial charge < -0.3 is 4.57 Å². The largest absolute Gasteiger partial charge is 0.342 e. The van der Waals surface area contributed by atoms with Gasteiger partial charge in [-0.1, -0.05) is 48.5 Å². The zero-order valence-corrected chi connectivity index (χ0v) is 11.7. The van der Waals surface area contributed by atoms with Gasteiger partial charge in [-0.15, -0.1) is 0 Å². The van der Waals surface area contributed by atoms with Crippen LogP contribution in [0.15, 0.2) is 60.8 Å². The van der Waals surface area contributed by atoms with E-state index in [4.69, 9.17) is 0 Å². The van der Waals surface area contributed by atoms with Crippen LogP contribution in [-0.2, 0) is 5.54 Å². The van der Waals surface area contributed by atoms with Crippen molar-refractivity contribution in [2.24, 2.45) is 0 Å². The number of hydrogen-bond donors (Lipinski definition) is 0. The number of nitrogens with zero attached hydrogens (tertiary/aromatic N) is 1. The van der Waals surface area contributed by atoms with Crippen molar-refractivity contribution in [3.63, 3.8) is 0 Å². The number of rotatable bonds is 1. The predicted octanol–water partition coefficient (Wildman–Crippen LogP) is 5.06. The van der Waals surface area contributed by atoms with E-state index in [0.29, 0.717) is 0 Å². The normalized spacial score (nSPS) is 11.9. The molecule has 0 fully saturated rings. The highest BCUT2D eigenvalue weighted by atomic mass is 15.0. The van der Waals surface area contributed by atoms with E-state index in [1.807, 2.05) is 0 Å². The highest BCUT2D eigenvalue weighted by Gasteiger charge is 2.18. The first-order valence-electron chi connectivity index (χ1n) is 6.73. The van der Waals surface area contributed by atoms with Gasteiger partial charge >= 0.3 is 0 Å². The fraction of sp³-hybridized carbons (Fsp3) is 0.222. The summed E-state index contributed by atoms with van der Waals surface area (Å²) in [6.45, 7) is 6.73. The smallest absolute Gasteiger partial charge is 0.0491 e. The van der Waals surface area contributed by atoms with E-state index in [2.05, 4.69) is 86.1 Å². The summed E-state index contributed by atoms with van der Waals surface area (Å²) in [7, 11) is 0. The van der Waals surface area contributed by atoms with Gasteiger partial charge in [-0.05, 0) is 32.4 Å². The first-order chi connectivity index (χ1) is 9.07. The van der Waals surface area contributed by atoms with Gasteiger partial charge in [0, 0.05) is 28.2 Å². The summed E-state index contributed by atoms with van der Waals surface area (Å²) in [5, 5.41) is 1.32. The molecular weight excluding hydrogens is 230 g/mol. The molecule has 0 saturated carbocycles. The standard InChI is InChI=1S/C18H19N/c1-18(2,3)19-13-16(14-9-5-4-6-10-14)15-11-7-8-12-17(15)19/h4-13H,1-3H3. The van der Waals surface area contributed by atoms with E-state index in [1.54, 1.807) is 0 Å². The molecule has 96 valence electrons. The molecule has 19 heavy (non-hydrogen) atoms. The lowest BCUT2D eigenvalue weighted by Gasteiger charge is -2.22. The molecule has 1 heterocycles. The van der Waals surface area contributed by atoms with Crippen LogP contribution in [0, 0.1) is 0 Å². The second-order valence-electron chi connectivity index (χ2n) is 5.97. The van der Waals surface area contributed by atoms with Crippen LogP contribution in [0.4, 0.5) is 0 Å². The van der Waals surface area contributed by atoms with Crippen LogP contribution in [0.2, 0.25) is 0 Å². The van der Waals surface area contributed by atoms with Crippen molar-refractivity contribution in [3.8, 4) is 11.1 Å². The maximum Gasteiger partial charge on any atom is 0.0491 e. The summed E-state index contributed by atoms with van der Waals surface area (Å²) in [6.07, 6.45) is 2.28. The van der Waals surface area contributed by atoms with Crippen LogP contribution in [0.3, 0.4) is 0 Å². The highest BCUT2D eigenvalue weighted by molar-refractivity contribution is 5.96. The second kappa shape index (κ2) is 4.27. The fourth-order valence-electron chi connectivity index (χ4n) is 2.58. The first-order valence-corrected chi connectivity index (χ1v) is 6.73. The Hall–Kier alpha value is -2.02. The SMILES string of the molecule is CC(C)(C)n1cc(-c2ccccc2)c2ccccc21. The molecule has 3 aromatic rings. The Morgan fingerprint density at radius 1 is 0.789 bits per heavy atom. The third-order valence-corrected chi connectivity index (χ3v) is 3.52. The third-order valence-electron chi connectivity index (χ3n) is 3.52. The van der Waals surface area contributed by atoms with Crippen LogP contribution in [0.5, 0.6) is 0 Å². The Labute approximate surface area is 114 Å². The van der Waals surface area contributed by atoms with Crippen LogP contribution in [-0.4, -0.2) is 4.57 Å².